The van der Waals surface area contributed by atoms with Crippen molar-refractivity contribution in [2.45, 2.75) is 39.3 Å². The molecule has 2 aliphatic rings. The zero-order chi connectivity index (χ0) is 19.6. The maximum Gasteiger partial charge on any atom is 0.410 e. The van der Waals surface area contributed by atoms with E-state index in [1.165, 1.54) is 11.1 Å². The number of carbonyl (C=O) groups excluding carboxylic acids is 1. The van der Waals surface area contributed by atoms with Crippen LogP contribution in [0.25, 0.3) is 0 Å². The average molecular weight is 375 g/mol. The number of ether oxygens (including phenoxy) is 1. The molecule has 0 saturated carbocycles. The number of rotatable bonds is 3. The highest BCUT2D eigenvalue weighted by Crippen LogP contribution is 2.26. The van der Waals surface area contributed by atoms with Crippen LogP contribution in [0.4, 0.5) is 10.5 Å². The summed E-state index contributed by atoms with van der Waals surface area (Å²) in [6.07, 6.45) is 0.631. The minimum atomic E-state index is -0.784. The Kier molecular flexibility index (Phi) is 5.60. The number of carbonyl (C=O) groups is 2. The van der Waals surface area contributed by atoms with E-state index in [0.717, 1.165) is 31.7 Å². The molecule has 2 aliphatic heterocycles. The Morgan fingerprint density at radius 2 is 1.78 bits per heavy atom. The highest BCUT2D eigenvalue weighted by molar-refractivity contribution is 5.69. The highest BCUT2D eigenvalue weighted by Gasteiger charge is 2.26. The number of piperazine rings is 1. The molecule has 7 heteroatoms. The van der Waals surface area contributed by atoms with E-state index in [1.54, 1.807) is 4.90 Å². The van der Waals surface area contributed by atoms with Gasteiger partial charge in [0.25, 0.3) is 0 Å². The van der Waals surface area contributed by atoms with Gasteiger partial charge in [0.1, 0.15) is 5.60 Å². The minimum absolute atomic E-state index is 0.0816. The molecule has 1 aromatic carbocycles. The predicted octanol–water partition coefficient (Wildman–Crippen LogP) is 2.19. The molecule has 0 bridgehead atoms. The number of fused-ring (bicyclic) bond motifs is 1. The minimum Gasteiger partial charge on any atom is -0.480 e. The molecule has 0 aliphatic carbocycles. The smallest absolute Gasteiger partial charge is 0.410 e. The van der Waals surface area contributed by atoms with Gasteiger partial charge < -0.3 is 19.6 Å². The van der Waals surface area contributed by atoms with E-state index in [4.69, 9.17) is 9.84 Å². The molecular formula is C20H29N3O4. The number of aliphatic carboxylic acids is 1. The molecule has 1 N–H and O–H groups in total. The molecule has 1 amide bonds. The number of anilines is 1. The number of benzene rings is 1. The monoisotopic (exact) mass is 375 g/mol. The quantitative estimate of drug-likeness (QED) is 0.873. The van der Waals surface area contributed by atoms with Crippen molar-refractivity contribution in [3.8, 4) is 0 Å². The Balaban J connectivity index is 1.61. The van der Waals surface area contributed by atoms with Crippen molar-refractivity contribution in [3.05, 3.63) is 29.3 Å². The van der Waals surface area contributed by atoms with Crippen LogP contribution in [0.1, 0.15) is 31.9 Å². The van der Waals surface area contributed by atoms with E-state index >= 15 is 0 Å². The second-order valence-corrected chi connectivity index (χ2v) is 8.26. The average Bonchev–Trinajstić information content (AvgIpc) is 2.59. The van der Waals surface area contributed by atoms with Crippen molar-refractivity contribution in [2.24, 2.45) is 0 Å². The van der Waals surface area contributed by atoms with Crippen LogP contribution in [-0.4, -0.2) is 71.8 Å². The summed E-state index contributed by atoms with van der Waals surface area (Å²) in [7, 11) is 0. The Labute approximate surface area is 160 Å². The number of nitrogens with zero attached hydrogens (tertiary/aromatic N) is 3. The van der Waals surface area contributed by atoms with E-state index in [-0.39, 0.29) is 12.6 Å². The van der Waals surface area contributed by atoms with Crippen LogP contribution in [0.15, 0.2) is 18.2 Å². The summed E-state index contributed by atoms with van der Waals surface area (Å²) in [5.74, 6) is -0.784. The molecule has 7 nitrogen and oxygen atoms in total. The van der Waals surface area contributed by atoms with Crippen LogP contribution >= 0.6 is 0 Å². The fourth-order valence-electron chi connectivity index (χ4n) is 3.60. The normalized spacial score (nSPS) is 18.2. The number of carboxylic acid groups (broad SMARTS) is 1. The van der Waals surface area contributed by atoms with Crippen molar-refractivity contribution in [3.63, 3.8) is 0 Å². The Morgan fingerprint density at radius 3 is 2.41 bits per heavy atom. The summed E-state index contributed by atoms with van der Waals surface area (Å²) >= 11 is 0. The third-order valence-electron chi connectivity index (χ3n) is 4.94. The second kappa shape index (κ2) is 7.76. The Bertz CT molecular complexity index is 706. The molecular weight excluding hydrogens is 346 g/mol. The van der Waals surface area contributed by atoms with Crippen molar-refractivity contribution in [1.29, 1.82) is 0 Å². The van der Waals surface area contributed by atoms with Crippen LogP contribution < -0.4 is 4.90 Å². The third-order valence-corrected chi connectivity index (χ3v) is 4.94. The number of hydrogen-bond acceptors (Lipinski definition) is 5. The van der Waals surface area contributed by atoms with Gasteiger partial charge in [0.2, 0.25) is 0 Å². The summed E-state index contributed by atoms with van der Waals surface area (Å²) in [6, 6.07) is 6.46. The van der Waals surface area contributed by atoms with E-state index in [9.17, 15) is 9.59 Å². The van der Waals surface area contributed by atoms with Gasteiger partial charge in [0.05, 0.1) is 6.54 Å². The number of carboxylic acids is 1. The highest BCUT2D eigenvalue weighted by atomic mass is 16.6. The molecule has 3 rings (SSSR count). The van der Waals surface area contributed by atoms with Crippen molar-refractivity contribution < 1.29 is 19.4 Å². The lowest BCUT2D eigenvalue weighted by Gasteiger charge is -2.37. The van der Waals surface area contributed by atoms with E-state index in [2.05, 4.69) is 23.1 Å². The topological polar surface area (TPSA) is 73.3 Å². The summed E-state index contributed by atoms with van der Waals surface area (Å²) in [5.41, 5.74) is 3.16. The maximum atomic E-state index is 12.2. The number of amides is 1. The van der Waals surface area contributed by atoms with Crippen LogP contribution in [0.3, 0.4) is 0 Å². The van der Waals surface area contributed by atoms with Gasteiger partial charge in [0, 0.05) is 45.0 Å². The largest absolute Gasteiger partial charge is 0.480 e. The van der Waals surface area contributed by atoms with Gasteiger partial charge in [-0.1, -0.05) is 6.07 Å². The summed E-state index contributed by atoms with van der Waals surface area (Å²) in [4.78, 5) is 29.2. The van der Waals surface area contributed by atoms with Gasteiger partial charge in [0.15, 0.2) is 0 Å². The standard InChI is InChI=1S/C20H29N3O4/c1-20(2,3)27-19(26)23-10-8-22(9-11-23)17-5-4-15-6-7-21(14-18(24)25)13-16(15)12-17/h4-5,12H,6-11,13-14H2,1-3H3,(H,24,25). The Morgan fingerprint density at radius 1 is 1.07 bits per heavy atom. The SMILES string of the molecule is CC(C)(C)OC(=O)N1CCN(c2ccc3c(c2)CN(CC(=O)O)CC3)CC1. The van der Waals surface area contributed by atoms with Crippen molar-refractivity contribution in [2.75, 3.05) is 44.2 Å². The van der Waals surface area contributed by atoms with Crippen molar-refractivity contribution >= 4 is 17.7 Å². The molecule has 0 aromatic heterocycles. The van der Waals surface area contributed by atoms with Crippen LogP contribution in [0, 0.1) is 0 Å². The van der Waals surface area contributed by atoms with Gasteiger partial charge >= 0.3 is 12.1 Å². The number of hydrogen-bond donors (Lipinski definition) is 1. The molecule has 1 aromatic rings. The first-order chi connectivity index (χ1) is 12.7. The van der Waals surface area contributed by atoms with Gasteiger partial charge in [-0.25, -0.2) is 4.79 Å². The van der Waals surface area contributed by atoms with Crippen LogP contribution in [0.2, 0.25) is 0 Å². The van der Waals surface area contributed by atoms with E-state index in [0.29, 0.717) is 19.6 Å². The lowest BCUT2D eigenvalue weighted by molar-refractivity contribution is -0.138. The van der Waals surface area contributed by atoms with Gasteiger partial charge in [-0.3, -0.25) is 9.69 Å². The fourth-order valence-corrected chi connectivity index (χ4v) is 3.60. The fraction of sp³-hybridized carbons (Fsp3) is 0.600. The maximum absolute atomic E-state index is 12.2. The van der Waals surface area contributed by atoms with Crippen molar-refractivity contribution in [1.82, 2.24) is 9.80 Å². The Hall–Kier alpha value is -2.28. The van der Waals surface area contributed by atoms with Gasteiger partial charge in [-0.15, -0.1) is 0 Å². The van der Waals surface area contributed by atoms with Crippen LogP contribution in [-0.2, 0) is 22.5 Å². The van der Waals surface area contributed by atoms with E-state index < -0.39 is 11.6 Å². The zero-order valence-electron chi connectivity index (χ0n) is 16.4. The van der Waals surface area contributed by atoms with Gasteiger partial charge in [-0.2, -0.15) is 0 Å². The lowest BCUT2D eigenvalue weighted by Crippen LogP contribution is -2.50. The van der Waals surface area contributed by atoms with E-state index in [1.807, 2.05) is 25.7 Å². The molecule has 0 atom stereocenters. The first-order valence-corrected chi connectivity index (χ1v) is 9.50. The molecule has 1 saturated heterocycles. The molecule has 0 radical (unpaired) electrons. The molecule has 0 spiro atoms. The molecule has 2 heterocycles. The summed E-state index contributed by atoms with van der Waals surface area (Å²) in [5, 5.41) is 9.02. The lowest BCUT2D eigenvalue weighted by atomic mass is 9.98. The molecule has 27 heavy (non-hydrogen) atoms. The first kappa shape index (κ1) is 19.5. The summed E-state index contributed by atoms with van der Waals surface area (Å²) in [6.45, 7) is 9.96. The second-order valence-electron chi connectivity index (χ2n) is 8.26. The molecule has 148 valence electrons. The predicted molar refractivity (Wildman–Crippen MR) is 103 cm³/mol. The zero-order valence-corrected chi connectivity index (χ0v) is 16.4. The molecule has 0 unspecified atom stereocenters. The first-order valence-electron chi connectivity index (χ1n) is 9.50. The summed E-state index contributed by atoms with van der Waals surface area (Å²) < 4.78 is 5.45. The van der Waals surface area contributed by atoms with Crippen LogP contribution in [0.5, 0.6) is 0 Å². The molecule has 1 fully saturated rings. The third kappa shape index (κ3) is 5.13. The van der Waals surface area contributed by atoms with Gasteiger partial charge in [-0.05, 0) is 50.5 Å².